The molecule has 1 saturated heterocycles. The van der Waals surface area contributed by atoms with E-state index < -0.39 is 60.1 Å². The van der Waals surface area contributed by atoms with Gasteiger partial charge in [-0.3, -0.25) is 34.2 Å². The molecule has 52 heavy (non-hydrogen) atoms. The van der Waals surface area contributed by atoms with E-state index in [-0.39, 0.29) is 56.1 Å². The molecule has 15 nitrogen and oxygen atoms in total. The molecule has 3 N–H and O–H groups in total. The second kappa shape index (κ2) is 18.5. The van der Waals surface area contributed by atoms with Crippen LogP contribution in [0.2, 0.25) is 0 Å². The molecule has 0 bridgehead atoms. The molecule has 2 aliphatic rings. The Morgan fingerprint density at radius 1 is 0.923 bits per heavy atom. The van der Waals surface area contributed by atoms with Crippen LogP contribution in [0.5, 0.6) is 5.75 Å². The molecule has 1 fully saturated rings. The summed E-state index contributed by atoms with van der Waals surface area (Å²) < 4.78 is 50.6. The van der Waals surface area contributed by atoms with Crippen molar-refractivity contribution in [2.45, 2.75) is 13.3 Å². The Bertz CT molecular complexity index is 1790. The highest BCUT2D eigenvalue weighted by Gasteiger charge is 2.38. The summed E-state index contributed by atoms with van der Waals surface area (Å²) in [5.74, 6) is -5.81. The Hall–Kier alpha value is -5.04. The average molecular weight is 745 g/mol. The van der Waals surface area contributed by atoms with Gasteiger partial charge in [-0.05, 0) is 24.3 Å². The summed E-state index contributed by atoms with van der Waals surface area (Å²) in [7, 11) is 0. The largest absolute Gasteiger partial charge is 0.480 e. The zero-order valence-electron chi connectivity index (χ0n) is 28.3. The van der Waals surface area contributed by atoms with Crippen LogP contribution in [0.4, 0.5) is 19.6 Å². The summed E-state index contributed by atoms with van der Waals surface area (Å²) in [6.45, 7) is 4.21. The molecule has 3 aromatic rings. The number of rotatable bonds is 18. The number of ether oxygens (including phenoxy) is 4. The first kappa shape index (κ1) is 38.2. The molecule has 5 rings (SSSR count). The minimum Gasteiger partial charge on any atom is -0.480 e. The summed E-state index contributed by atoms with van der Waals surface area (Å²) in [6, 6.07) is 7.08. The molecule has 0 aliphatic carbocycles. The smallest absolute Gasteiger partial charge is 0.264 e. The van der Waals surface area contributed by atoms with Gasteiger partial charge in [-0.1, -0.05) is 13.0 Å². The van der Waals surface area contributed by atoms with Gasteiger partial charge in [0.15, 0.2) is 23.3 Å². The molecule has 0 saturated carbocycles. The highest BCUT2D eigenvalue weighted by atomic mass is 32.1. The van der Waals surface area contributed by atoms with Crippen molar-refractivity contribution in [1.29, 1.82) is 0 Å². The van der Waals surface area contributed by atoms with E-state index in [4.69, 9.17) is 18.9 Å². The molecule has 1 aromatic heterocycles. The number of hydrogen-bond donors (Lipinski definition) is 3. The van der Waals surface area contributed by atoms with E-state index in [1.54, 1.807) is 24.4 Å². The van der Waals surface area contributed by atoms with E-state index in [0.29, 0.717) is 44.2 Å². The van der Waals surface area contributed by atoms with Gasteiger partial charge >= 0.3 is 0 Å². The van der Waals surface area contributed by atoms with Crippen molar-refractivity contribution in [3.05, 3.63) is 58.5 Å². The number of imide groups is 2. The molecule has 2 aromatic carbocycles. The topological polar surface area (TPSA) is 178 Å². The Labute approximate surface area is 301 Å². The number of carbonyl (C=O) groups excluding carboxylic acids is 5. The van der Waals surface area contributed by atoms with Gasteiger partial charge < -0.3 is 34.5 Å². The number of anilines is 2. The lowest BCUT2D eigenvalue weighted by atomic mass is 10.1. The van der Waals surface area contributed by atoms with E-state index in [9.17, 15) is 32.8 Å². The van der Waals surface area contributed by atoms with Crippen LogP contribution < -0.4 is 25.6 Å². The number of fused-ring (bicyclic) bond motifs is 1. The number of aromatic nitrogens is 1. The third kappa shape index (κ3) is 9.64. The van der Waals surface area contributed by atoms with Gasteiger partial charge in [-0.2, -0.15) is 4.39 Å². The van der Waals surface area contributed by atoms with Crippen LogP contribution in [0.25, 0.3) is 11.3 Å². The second-order valence-electron chi connectivity index (χ2n) is 11.4. The van der Waals surface area contributed by atoms with Gasteiger partial charge in [0.05, 0.1) is 56.5 Å². The van der Waals surface area contributed by atoms with Gasteiger partial charge in [0.2, 0.25) is 17.6 Å². The van der Waals surface area contributed by atoms with Crippen molar-refractivity contribution < 1.29 is 51.7 Å². The fourth-order valence-electron chi connectivity index (χ4n) is 5.25. The number of halogens is 2. The van der Waals surface area contributed by atoms with Crippen LogP contribution in [0.15, 0.2) is 35.7 Å². The standard InChI is InChI=1S/C34H38F2N6O9S/c1-2-26(43)40-27(44)18-42-32(46)22-4-3-5-24(29(22)33(42)47)37-8-12-48-16-17-49-13-9-38-28(45)19-51-31-21(6-7-23(35)30(31)36)25-20-52-34(39-25)41-10-14-50-15-11-41/h3-7,20,37H,2,8-19H2,1H3,(H,38,45)(H,40,43,44). The third-order valence-electron chi connectivity index (χ3n) is 7.85. The predicted molar refractivity (Wildman–Crippen MR) is 184 cm³/mol. The molecular formula is C34H38F2N6O9S. The fourth-order valence-corrected chi connectivity index (χ4v) is 6.12. The van der Waals surface area contributed by atoms with Gasteiger partial charge in [-0.15, -0.1) is 11.3 Å². The maximum atomic E-state index is 14.8. The van der Waals surface area contributed by atoms with Crippen LogP contribution >= 0.6 is 11.3 Å². The second-order valence-corrected chi connectivity index (χ2v) is 12.2. The van der Waals surface area contributed by atoms with Crippen molar-refractivity contribution in [1.82, 2.24) is 20.5 Å². The molecule has 0 unspecified atom stereocenters. The minimum absolute atomic E-state index is 0.0859. The van der Waals surface area contributed by atoms with Crippen LogP contribution in [0.3, 0.4) is 0 Å². The minimum atomic E-state index is -1.21. The van der Waals surface area contributed by atoms with Crippen LogP contribution in [0.1, 0.15) is 34.1 Å². The van der Waals surface area contributed by atoms with Crippen molar-refractivity contribution in [2.75, 3.05) is 89.2 Å². The van der Waals surface area contributed by atoms with Crippen molar-refractivity contribution >= 4 is 51.7 Å². The summed E-state index contributed by atoms with van der Waals surface area (Å²) in [6.07, 6.45) is 0.0859. The van der Waals surface area contributed by atoms with E-state index in [1.165, 1.54) is 23.5 Å². The summed E-state index contributed by atoms with van der Waals surface area (Å²) in [4.78, 5) is 69.0. The predicted octanol–water partition coefficient (Wildman–Crippen LogP) is 2.21. The number of nitrogens with zero attached hydrogens (tertiary/aromatic N) is 3. The first-order valence-electron chi connectivity index (χ1n) is 16.5. The molecule has 3 heterocycles. The number of benzene rings is 2. The lowest BCUT2D eigenvalue weighted by Crippen LogP contribution is -2.42. The van der Waals surface area contributed by atoms with Crippen molar-refractivity contribution in [2.24, 2.45) is 0 Å². The Kier molecular flexibility index (Phi) is 13.6. The molecule has 0 atom stereocenters. The van der Waals surface area contributed by atoms with Crippen LogP contribution in [-0.2, 0) is 28.6 Å². The van der Waals surface area contributed by atoms with Gasteiger partial charge in [0.1, 0.15) is 6.54 Å². The van der Waals surface area contributed by atoms with Crippen LogP contribution in [-0.4, -0.2) is 118 Å². The number of hydrogen-bond acceptors (Lipinski definition) is 13. The highest BCUT2D eigenvalue weighted by Crippen LogP contribution is 2.36. The Balaban J connectivity index is 0.971. The van der Waals surface area contributed by atoms with Gasteiger partial charge in [0.25, 0.3) is 17.7 Å². The quantitative estimate of drug-likeness (QED) is 0.128. The maximum Gasteiger partial charge on any atom is 0.264 e. The normalized spacial score (nSPS) is 14.0. The average Bonchev–Trinajstić information content (AvgIpc) is 3.73. The Morgan fingerprint density at radius 2 is 1.67 bits per heavy atom. The third-order valence-corrected chi connectivity index (χ3v) is 8.75. The monoisotopic (exact) mass is 744 g/mol. The molecule has 0 radical (unpaired) electrons. The SMILES string of the molecule is CCC(=O)NC(=O)CN1C(=O)c2cccc(NCCOCCOCCNC(=O)COc3c(-c4csc(N5CCOCC5)n4)ccc(F)c3F)c2C1=O. The van der Waals surface area contributed by atoms with E-state index in [0.717, 1.165) is 16.1 Å². The lowest BCUT2D eigenvalue weighted by Gasteiger charge is -2.26. The molecule has 5 amide bonds. The number of amides is 5. The first-order valence-corrected chi connectivity index (χ1v) is 17.4. The van der Waals surface area contributed by atoms with E-state index >= 15 is 0 Å². The lowest BCUT2D eigenvalue weighted by molar-refractivity contribution is -0.130. The number of carbonyl (C=O) groups is 5. The fraction of sp³-hybridized carbons (Fsp3) is 0.412. The highest BCUT2D eigenvalue weighted by molar-refractivity contribution is 7.14. The summed E-state index contributed by atoms with van der Waals surface area (Å²) >= 11 is 1.36. The van der Waals surface area contributed by atoms with Crippen molar-refractivity contribution in [3.8, 4) is 17.0 Å². The molecule has 18 heteroatoms. The molecule has 278 valence electrons. The van der Waals surface area contributed by atoms with Crippen molar-refractivity contribution in [3.63, 3.8) is 0 Å². The molecule has 0 spiro atoms. The van der Waals surface area contributed by atoms with Gasteiger partial charge in [0, 0.05) is 49.2 Å². The zero-order chi connectivity index (χ0) is 37.0. The van der Waals surface area contributed by atoms with E-state index in [1.807, 2.05) is 4.90 Å². The van der Waals surface area contributed by atoms with Gasteiger partial charge in [-0.25, -0.2) is 9.37 Å². The first-order chi connectivity index (χ1) is 25.2. The number of thiazole rings is 1. The number of morpholine rings is 1. The van der Waals surface area contributed by atoms with Crippen LogP contribution in [0, 0.1) is 11.6 Å². The Morgan fingerprint density at radius 3 is 2.42 bits per heavy atom. The zero-order valence-corrected chi connectivity index (χ0v) is 29.2. The number of nitrogens with one attached hydrogen (secondary N) is 3. The van der Waals surface area contributed by atoms with E-state index in [2.05, 4.69) is 20.9 Å². The molecular weight excluding hydrogens is 706 g/mol. The summed E-state index contributed by atoms with van der Waals surface area (Å²) in [5, 5.41) is 10.2. The maximum absolute atomic E-state index is 14.8. The summed E-state index contributed by atoms with van der Waals surface area (Å²) in [5.41, 5.74) is 1.32. The molecule has 2 aliphatic heterocycles.